The van der Waals surface area contributed by atoms with Crippen LogP contribution in [0.2, 0.25) is 0 Å². The van der Waals surface area contributed by atoms with E-state index < -0.39 is 11.7 Å². The molecule has 3 aromatic rings. The third-order valence-corrected chi connectivity index (χ3v) is 4.54. The van der Waals surface area contributed by atoms with Crippen LogP contribution in [0.1, 0.15) is 17.2 Å². The Kier molecular flexibility index (Phi) is 4.11. The van der Waals surface area contributed by atoms with Crippen LogP contribution in [-0.4, -0.2) is 4.98 Å². The standard InChI is InChI=1S/C21H16F3N3/c22-21(23,24)16-5-7-18(8-6-16)27-11-9-17(25)13-20(27)15-4-3-14-2-1-10-26-19(14)12-15/h1-13,20H,25H2. The first-order chi connectivity index (χ1) is 12.9. The topological polar surface area (TPSA) is 42.1 Å². The van der Waals surface area contributed by atoms with E-state index in [4.69, 9.17) is 5.73 Å². The summed E-state index contributed by atoms with van der Waals surface area (Å²) in [5.74, 6) is 0. The zero-order valence-electron chi connectivity index (χ0n) is 14.2. The second-order valence-corrected chi connectivity index (χ2v) is 6.33. The van der Waals surface area contributed by atoms with Gasteiger partial charge in [0.1, 0.15) is 0 Å². The molecular weight excluding hydrogens is 351 g/mol. The highest BCUT2D eigenvalue weighted by Gasteiger charge is 2.30. The fourth-order valence-corrected chi connectivity index (χ4v) is 3.17. The van der Waals surface area contributed by atoms with Gasteiger partial charge in [0.25, 0.3) is 0 Å². The maximum atomic E-state index is 12.8. The smallest absolute Gasteiger partial charge is 0.399 e. The maximum absolute atomic E-state index is 12.8. The van der Waals surface area contributed by atoms with Crippen LogP contribution >= 0.6 is 0 Å². The Morgan fingerprint density at radius 3 is 2.52 bits per heavy atom. The van der Waals surface area contributed by atoms with E-state index in [1.54, 1.807) is 18.5 Å². The molecule has 1 aliphatic heterocycles. The molecule has 2 aromatic carbocycles. The Labute approximate surface area is 154 Å². The average Bonchev–Trinajstić information content (AvgIpc) is 2.67. The number of alkyl halides is 3. The van der Waals surface area contributed by atoms with Gasteiger partial charge in [-0.05, 0) is 54.1 Å². The Bertz CT molecular complexity index is 1040. The van der Waals surface area contributed by atoms with E-state index in [0.29, 0.717) is 11.4 Å². The summed E-state index contributed by atoms with van der Waals surface area (Å²) in [5.41, 5.74) is 8.36. The van der Waals surface area contributed by atoms with E-state index in [-0.39, 0.29) is 6.04 Å². The third-order valence-electron chi connectivity index (χ3n) is 4.54. The molecule has 0 saturated heterocycles. The quantitative estimate of drug-likeness (QED) is 0.679. The SMILES string of the molecule is NC1=CC(c2ccc3cccnc3c2)N(c2ccc(C(F)(F)F)cc2)C=C1. The van der Waals surface area contributed by atoms with Gasteiger partial charge in [0, 0.05) is 29.2 Å². The van der Waals surface area contributed by atoms with Crippen LogP contribution in [0.15, 0.2) is 84.8 Å². The Morgan fingerprint density at radius 2 is 1.78 bits per heavy atom. The van der Waals surface area contributed by atoms with E-state index in [2.05, 4.69) is 4.98 Å². The predicted octanol–water partition coefficient (Wildman–Crippen LogP) is 5.17. The maximum Gasteiger partial charge on any atom is 0.416 e. The number of pyridine rings is 1. The molecule has 2 N–H and O–H groups in total. The van der Waals surface area contributed by atoms with Crippen LogP contribution in [0, 0.1) is 0 Å². The highest BCUT2D eigenvalue weighted by Crippen LogP contribution is 2.35. The fourth-order valence-electron chi connectivity index (χ4n) is 3.17. The fraction of sp³-hybridized carbons (Fsp3) is 0.0952. The van der Waals surface area contributed by atoms with Gasteiger partial charge in [-0.15, -0.1) is 0 Å². The second kappa shape index (κ2) is 6.46. The molecule has 136 valence electrons. The van der Waals surface area contributed by atoms with Crippen molar-refractivity contribution in [2.75, 3.05) is 4.90 Å². The molecule has 27 heavy (non-hydrogen) atoms. The number of allylic oxidation sites excluding steroid dienone is 1. The van der Waals surface area contributed by atoms with Gasteiger partial charge in [-0.1, -0.05) is 18.2 Å². The lowest BCUT2D eigenvalue weighted by Crippen LogP contribution is -2.25. The van der Waals surface area contributed by atoms with E-state index in [0.717, 1.165) is 28.6 Å². The normalized spacial score (nSPS) is 17.2. The summed E-state index contributed by atoms with van der Waals surface area (Å²) in [7, 11) is 0. The molecule has 1 aromatic heterocycles. The van der Waals surface area contributed by atoms with Crippen molar-refractivity contribution in [2.45, 2.75) is 12.2 Å². The van der Waals surface area contributed by atoms with Crippen LogP contribution in [0.25, 0.3) is 10.9 Å². The number of rotatable bonds is 2. The number of nitrogens with zero attached hydrogens (tertiary/aromatic N) is 2. The van der Waals surface area contributed by atoms with Crippen molar-refractivity contribution >= 4 is 16.6 Å². The van der Waals surface area contributed by atoms with Gasteiger partial charge in [-0.2, -0.15) is 13.2 Å². The van der Waals surface area contributed by atoms with Crippen molar-refractivity contribution in [3.8, 4) is 0 Å². The number of benzene rings is 2. The number of hydrogen-bond acceptors (Lipinski definition) is 3. The largest absolute Gasteiger partial charge is 0.416 e. The molecule has 1 atom stereocenters. The zero-order valence-corrected chi connectivity index (χ0v) is 14.2. The lowest BCUT2D eigenvalue weighted by Gasteiger charge is -2.32. The van der Waals surface area contributed by atoms with E-state index >= 15 is 0 Å². The van der Waals surface area contributed by atoms with E-state index in [1.165, 1.54) is 12.1 Å². The first kappa shape index (κ1) is 17.1. The highest BCUT2D eigenvalue weighted by atomic mass is 19.4. The number of hydrogen-bond donors (Lipinski definition) is 1. The van der Waals surface area contributed by atoms with Crippen molar-refractivity contribution in [3.05, 3.63) is 96.0 Å². The molecule has 3 nitrogen and oxygen atoms in total. The first-order valence-electron chi connectivity index (χ1n) is 8.37. The molecule has 0 bridgehead atoms. The first-order valence-corrected chi connectivity index (χ1v) is 8.37. The summed E-state index contributed by atoms with van der Waals surface area (Å²) in [6.45, 7) is 0. The summed E-state index contributed by atoms with van der Waals surface area (Å²) in [6, 6.07) is 14.7. The Morgan fingerprint density at radius 1 is 1.00 bits per heavy atom. The van der Waals surface area contributed by atoms with Crippen LogP contribution in [0.5, 0.6) is 0 Å². The number of aromatic nitrogens is 1. The lowest BCUT2D eigenvalue weighted by molar-refractivity contribution is -0.137. The molecule has 6 heteroatoms. The summed E-state index contributed by atoms with van der Waals surface area (Å²) in [6.07, 6.45) is 2.76. The summed E-state index contributed by atoms with van der Waals surface area (Å²) in [5, 5.41) is 1.02. The average molecular weight is 367 g/mol. The minimum absolute atomic E-state index is 0.238. The van der Waals surface area contributed by atoms with Crippen LogP contribution < -0.4 is 10.6 Å². The van der Waals surface area contributed by atoms with Crippen molar-refractivity contribution in [1.82, 2.24) is 4.98 Å². The molecule has 0 saturated carbocycles. The molecule has 0 amide bonds. The lowest BCUT2D eigenvalue weighted by atomic mass is 9.99. The number of nitrogens with two attached hydrogens (primary N) is 1. The molecule has 2 heterocycles. The Hall–Kier alpha value is -3.28. The van der Waals surface area contributed by atoms with Crippen LogP contribution in [0.3, 0.4) is 0 Å². The van der Waals surface area contributed by atoms with Gasteiger partial charge in [0.2, 0.25) is 0 Å². The molecule has 1 aliphatic rings. The Balaban J connectivity index is 1.73. The highest BCUT2D eigenvalue weighted by molar-refractivity contribution is 5.79. The summed E-state index contributed by atoms with van der Waals surface area (Å²) in [4.78, 5) is 6.27. The molecular formula is C21H16F3N3. The molecule has 0 aliphatic carbocycles. The minimum atomic E-state index is -4.36. The van der Waals surface area contributed by atoms with Crippen LogP contribution in [0.4, 0.5) is 18.9 Å². The molecule has 4 rings (SSSR count). The summed E-state index contributed by atoms with van der Waals surface area (Å²) < 4.78 is 38.5. The van der Waals surface area contributed by atoms with E-state index in [1.807, 2.05) is 41.3 Å². The molecule has 0 fully saturated rings. The van der Waals surface area contributed by atoms with Gasteiger partial charge in [0.05, 0.1) is 17.1 Å². The monoisotopic (exact) mass is 367 g/mol. The van der Waals surface area contributed by atoms with Crippen molar-refractivity contribution < 1.29 is 13.2 Å². The van der Waals surface area contributed by atoms with Gasteiger partial charge in [0.15, 0.2) is 0 Å². The van der Waals surface area contributed by atoms with Crippen LogP contribution in [-0.2, 0) is 6.18 Å². The van der Waals surface area contributed by atoms with Crippen molar-refractivity contribution in [3.63, 3.8) is 0 Å². The van der Waals surface area contributed by atoms with Gasteiger partial charge in [-0.3, -0.25) is 4.98 Å². The van der Waals surface area contributed by atoms with Crippen molar-refractivity contribution in [2.24, 2.45) is 5.73 Å². The number of anilines is 1. The molecule has 0 spiro atoms. The molecule has 0 radical (unpaired) electrons. The van der Waals surface area contributed by atoms with Gasteiger partial charge >= 0.3 is 6.18 Å². The molecule has 1 unspecified atom stereocenters. The minimum Gasteiger partial charge on any atom is -0.399 e. The number of halogens is 3. The van der Waals surface area contributed by atoms with Crippen molar-refractivity contribution in [1.29, 1.82) is 0 Å². The zero-order chi connectivity index (χ0) is 19.0. The van der Waals surface area contributed by atoms with Gasteiger partial charge in [-0.25, -0.2) is 0 Å². The third kappa shape index (κ3) is 3.38. The second-order valence-electron chi connectivity index (χ2n) is 6.33. The van der Waals surface area contributed by atoms with E-state index in [9.17, 15) is 13.2 Å². The summed E-state index contributed by atoms with van der Waals surface area (Å²) >= 11 is 0. The van der Waals surface area contributed by atoms with Gasteiger partial charge < -0.3 is 10.6 Å². The predicted molar refractivity (Wildman–Crippen MR) is 99.8 cm³/mol. The number of fused-ring (bicyclic) bond motifs is 1.